The molecule has 4 rings (SSSR count). The third-order valence-electron chi connectivity index (χ3n) is 4.62. The molecule has 0 aliphatic carbocycles. The van der Waals surface area contributed by atoms with Crippen molar-refractivity contribution in [2.75, 3.05) is 17.1 Å². The van der Waals surface area contributed by atoms with Crippen LogP contribution in [0.3, 0.4) is 0 Å². The molecule has 1 amide bonds. The van der Waals surface area contributed by atoms with Crippen molar-refractivity contribution in [1.29, 1.82) is 0 Å². The molecule has 0 aliphatic heterocycles. The average molecular weight is 500 g/mol. The number of rotatable bonds is 6. The van der Waals surface area contributed by atoms with Crippen LogP contribution in [0.5, 0.6) is 5.88 Å². The Kier molecular flexibility index (Phi) is 6.79. The number of carbonyl (C=O) groups is 1. The number of halogens is 2. The van der Waals surface area contributed by atoms with E-state index in [-0.39, 0.29) is 4.90 Å². The number of nitrogens with one attached hydrogen (secondary N) is 2. The molecular formula is C24H23F2N5O3S. The fraction of sp³-hybridized carbons (Fsp3) is 0.208. The molecule has 8 nitrogen and oxygen atoms in total. The number of pyridine rings is 2. The SMILES string of the molecule is COc1ncc(-c2ccc3nc(NC(=O)OC(C)(C)C)cn3c2)cc1NSc1ccc(F)cc1F. The van der Waals surface area contributed by atoms with Gasteiger partial charge in [0, 0.05) is 29.6 Å². The topological polar surface area (TPSA) is 89.8 Å². The van der Waals surface area contributed by atoms with E-state index in [0.29, 0.717) is 23.0 Å². The van der Waals surface area contributed by atoms with Crippen molar-refractivity contribution in [3.63, 3.8) is 0 Å². The average Bonchev–Trinajstić information content (AvgIpc) is 3.18. The Morgan fingerprint density at radius 1 is 1.09 bits per heavy atom. The molecule has 3 aromatic heterocycles. The van der Waals surface area contributed by atoms with Crippen LogP contribution in [0.4, 0.5) is 25.1 Å². The van der Waals surface area contributed by atoms with E-state index in [1.54, 1.807) is 49.7 Å². The van der Waals surface area contributed by atoms with Crippen LogP contribution >= 0.6 is 11.9 Å². The van der Waals surface area contributed by atoms with Gasteiger partial charge in [-0.25, -0.2) is 23.5 Å². The maximum atomic E-state index is 14.0. The van der Waals surface area contributed by atoms with Crippen LogP contribution in [0.15, 0.2) is 59.9 Å². The van der Waals surface area contributed by atoms with Gasteiger partial charge in [-0.3, -0.25) is 5.32 Å². The van der Waals surface area contributed by atoms with Gasteiger partial charge in [0.25, 0.3) is 0 Å². The number of fused-ring (bicyclic) bond motifs is 1. The smallest absolute Gasteiger partial charge is 0.413 e. The first-order chi connectivity index (χ1) is 16.6. The number of aromatic nitrogens is 3. The van der Waals surface area contributed by atoms with Crippen LogP contribution < -0.4 is 14.8 Å². The highest BCUT2D eigenvalue weighted by Crippen LogP contribution is 2.33. The molecule has 0 radical (unpaired) electrons. The van der Waals surface area contributed by atoms with Gasteiger partial charge in [-0.05, 0) is 63.1 Å². The van der Waals surface area contributed by atoms with Crippen LogP contribution in [-0.4, -0.2) is 33.2 Å². The van der Waals surface area contributed by atoms with E-state index < -0.39 is 23.3 Å². The molecule has 0 atom stereocenters. The summed E-state index contributed by atoms with van der Waals surface area (Å²) in [5, 5.41) is 2.62. The second-order valence-corrected chi connectivity index (χ2v) is 9.34. The highest BCUT2D eigenvalue weighted by Gasteiger charge is 2.17. The van der Waals surface area contributed by atoms with Crippen molar-refractivity contribution in [3.8, 4) is 17.0 Å². The molecule has 2 N–H and O–H groups in total. The summed E-state index contributed by atoms with van der Waals surface area (Å²) < 4.78 is 42.5. The number of nitrogens with zero attached hydrogens (tertiary/aromatic N) is 3. The molecule has 0 spiro atoms. The predicted molar refractivity (Wildman–Crippen MR) is 131 cm³/mol. The van der Waals surface area contributed by atoms with E-state index >= 15 is 0 Å². The standard InChI is InChI=1S/C24H23F2N5O3S/c1-24(2,3)34-23(32)29-20-13-31-12-14(5-8-21(31)28-20)15-9-18(22(33-4)27-11-15)30-35-19-7-6-16(25)10-17(19)26/h5-13,30H,1-4H3,(H,29,32). The Morgan fingerprint density at radius 3 is 2.60 bits per heavy atom. The maximum absolute atomic E-state index is 14.0. The van der Waals surface area contributed by atoms with E-state index in [1.165, 1.54) is 19.2 Å². The molecule has 0 saturated heterocycles. The van der Waals surface area contributed by atoms with Gasteiger partial charge < -0.3 is 18.6 Å². The molecule has 0 unspecified atom stereocenters. The number of carbonyl (C=O) groups excluding carboxylic acids is 1. The lowest BCUT2D eigenvalue weighted by molar-refractivity contribution is 0.0635. The summed E-state index contributed by atoms with van der Waals surface area (Å²) in [5.74, 6) is -0.653. The number of hydrogen-bond acceptors (Lipinski definition) is 7. The van der Waals surface area contributed by atoms with Crippen molar-refractivity contribution in [2.24, 2.45) is 0 Å². The van der Waals surface area contributed by atoms with Crippen molar-refractivity contribution >= 4 is 35.2 Å². The number of imidazole rings is 1. The molecule has 0 saturated carbocycles. The van der Waals surface area contributed by atoms with Gasteiger partial charge in [0.1, 0.15) is 28.6 Å². The Balaban J connectivity index is 1.56. The number of benzene rings is 1. The van der Waals surface area contributed by atoms with Crippen LogP contribution in [0.2, 0.25) is 0 Å². The normalized spacial score (nSPS) is 11.4. The van der Waals surface area contributed by atoms with Crippen molar-refractivity contribution < 1.29 is 23.0 Å². The minimum absolute atomic E-state index is 0.226. The van der Waals surface area contributed by atoms with E-state index in [9.17, 15) is 13.6 Å². The molecule has 182 valence electrons. The van der Waals surface area contributed by atoms with Gasteiger partial charge in [-0.1, -0.05) is 0 Å². The van der Waals surface area contributed by atoms with E-state index in [4.69, 9.17) is 9.47 Å². The van der Waals surface area contributed by atoms with Crippen LogP contribution in [0.25, 0.3) is 16.8 Å². The summed E-state index contributed by atoms with van der Waals surface area (Å²) in [6, 6.07) is 8.82. The Morgan fingerprint density at radius 2 is 1.89 bits per heavy atom. The third-order valence-corrected chi connectivity index (χ3v) is 5.50. The zero-order valence-electron chi connectivity index (χ0n) is 19.4. The lowest BCUT2D eigenvalue weighted by atomic mass is 10.1. The van der Waals surface area contributed by atoms with Gasteiger partial charge in [0.05, 0.1) is 18.2 Å². The van der Waals surface area contributed by atoms with Crippen molar-refractivity contribution in [3.05, 3.63) is 66.6 Å². The third kappa shape index (κ3) is 5.99. The molecule has 3 heterocycles. The first-order valence-electron chi connectivity index (χ1n) is 10.5. The summed E-state index contributed by atoms with van der Waals surface area (Å²) >= 11 is 0.979. The van der Waals surface area contributed by atoms with Crippen LogP contribution in [0.1, 0.15) is 20.8 Å². The van der Waals surface area contributed by atoms with Crippen LogP contribution in [-0.2, 0) is 4.74 Å². The number of hydrogen-bond donors (Lipinski definition) is 2. The highest BCUT2D eigenvalue weighted by molar-refractivity contribution is 8.00. The monoisotopic (exact) mass is 499 g/mol. The van der Waals surface area contributed by atoms with E-state index in [1.807, 2.05) is 12.3 Å². The molecule has 0 bridgehead atoms. The van der Waals surface area contributed by atoms with Gasteiger partial charge in [-0.15, -0.1) is 0 Å². The Bertz CT molecular complexity index is 1390. The molecule has 0 fully saturated rings. The Labute approximate surface area is 204 Å². The van der Waals surface area contributed by atoms with Crippen LogP contribution in [0, 0.1) is 11.6 Å². The fourth-order valence-corrected chi connectivity index (χ4v) is 3.80. The predicted octanol–water partition coefficient (Wildman–Crippen LogP) is 6.15. The molecule has 0 aliphatic rings. The van der Waals surface area contributed by atoms with E-state index in [0.717, 1.165) is 29.1 Å². The summed E-state index contributed by atoms with van der Waals surface area (Å²) in [4.78, 5) is 21.0. The number of ether oxygens (including phenoxy) is 2. The van der Waals surface area contributed by atoms with E-state index in [2.05, 4.69) is 20.0 Å². The van der Waals surface area contributed by atoms with Crippen molar-refractivity contribution in [2.45, 2.75) is 31.3 Å². The summed E-state index contributed by atoms with van der Waals surface area (Å²) in [6.07, 6.45) is 4.56. The molecule has 4 aromatic rings. The second-order valence-electron chi connectivity index (χ2n) is 8.50. The number of methoxy groups -OCH3 is 1. The molecule has 35 heavy (non-hydrogen) atoms. The quantitative estimate of drug-likeness (QED) is 0.308. The van der Waals surface area contributed by atoms with Gasteiger partial charge in [0.2, 0.25) is 5.88 Å². The lowest BCUT2D eigenvalue weighted by Crippen LogP contribution is -2.27. The first kappa shape index (κ1) is 24.3. The summed E-state index contributed by atoms with van der Waals surface area (Å²) in [5.41, 5.74) is 2.09. The van der Waals surface area contributed by atoms with Crippen molar-refractivity contribution in [1.82, 2.24) is 14.4 Å². The largest absolute Gasteiger partial charge is 0.480 e. The zero-order chi connectivity index (χ0) is 25.2. The Hall–Kier alpha value is -3.86. The second kappa shape index (κ2) is 9.79. The van der Waals surface area contributed by atoms with Gasteiger partial charge in [-0.2, -0.15) is 0 Å². The molecular weight excluding hydrogens is 476 g/mol. The summed E-state index contributed by atoms with van der Waals surface area (Å²) in [6.45, 7) is 5.34. The molecule has 11 heteroatoms. The van der Waals surface area contributed by atoms with Gasteiger partial charge >= 0.3 is 6.09 Å². The maximum Gasteiger partial charge on any atom is 0.413 e. The fourth-order valence-electron chi connectivity index (χ4n) is 3.14. The lowest BCUT2D eigenvalue weighted by Gasteiger charge is -2.18. The number of amides is 1. The highest BCUT2D eigenvalue weighted by atomic mass is 32.2. The summed E-state index contributed by atoms with van der Waals surface area (Å²) in [7, 11) is 1.48. The molecule has 1 aromatic carbocycles. The number of anilines is 2. The zero-order valence-corrected chi connectivity index (χ0v) is 20.2. The first-order valence-corrected chi connectivity index (χ1v) is 11.3. The van der Waals surface area contributed by atoms with Gasteiger partial charge in [0.15, 0.2) is 5.82 Å². The minimum Gasteiger partial charge on any atom is -0.480 e. The minimum atomic E-state index is -0.674.